The number of nitro benzene ring substituents is 1. The van der Waals surface area contributed by atoms with Gasteiger partial charge in [0, 0.05) is 42.8 Å². The van der Waals surface area contributed by atoms with Gasteiger partial charge in [-0.15, -0.1) is 11.8 Å². The number of amides is 1. The topological polar surface area (TPSA) is 83.8 Å². The van der Waals surface area contributed by atoms with Crippen LogP contribution >= 0.6 is 11.8 Å². The van der Waals surface area contributed by atoms with E-state index in [0.717, 1.165) is 10.6 Å². The Labute approximate surface area is 170 Å². The fourth-order valence-corrected chi connectivity index (χ4v) is 4.68. The van der Waals surface area contributed by atoms with Crippen molar-refractivity contribution in [2.24, 2.45) is 0 Å². The maximum absolute atomic E-state index is 12.7. The molecular weight excluding hydrogens is 398 g/mol. The number of benzene rings is 2. The van der Waals surface area contributed by atoms with E-state index < -0.39 is 15.7 Å². The predicted molar refractivity (Wildman–Crippen MR) is 111 cm³/mol. The Morgan fingerprint density at radius 3 is 2.43 bits per heavy atom. The number of para-hydroxylation sites is 1. The van der Waals surface area contributed by atoms with Crippen LogP contribution in [0, 0.1) is 10.1 Å². The van der Waals surface area contributed by atoms with Gasteiger partial charge < -0.3 is 9.80 Å². The first-order valence-electron chi connectivity index (χ1n) is 8.78. The highest BCUT2D eigenvalue weighted by atomic mass is 32.2. The zero-order valence-electron chi connectivity index (χ0n) is 15.4. The number of carbonyl (C=O) groups excluding carboxylic acids is 1. The van der Waals surface area contributed by atoms with Crippen molar-refractivity contribution in [3.63, 3.8) is 0 Å². The Kier molecular flexibility index (Phi) is 6.69. The fourth-order valence-electron chi connectivity index (χ4n) is 3.09. The lowest BCUT2D eigenvalue weighted by atomic mass is 10.2. The molecule has 9 heteroatoms. The Morgan fingerprint density at radius 2 is 1.82 bits per heavy atom. The SMILES string of the molecule is CSc1ccc(S(=O)CC(=O)N2CCN(c3ccccc3)CC2)c([N+](=O)[O-])c1. The zero-order valence-corrected chi connectivity index (χ0v) is 17.1. The number of carbonyl (C=O) groups is 1. The lowest BCUT2D eigenvalue weighted by molar-refractivity contribution is -0.388. The van der Waals surface area contributed by atoms with Crippen molar-refractivity contribution in [2.45, 2.75) is 9.79 Å². The number of nitrogens with zero attached hydrogens (tertiary/aromatic N) is 3. The van der Waals surface area contributed by atoms with Crippen molar-refractivity contribution in [2.75, 3.05) is 43.1 Å². The molecule has 0 aromatic heterocycles. The van der Waals surface area contributed by atoms with E-state index >= 15 is 0 Å². The van der Waals surface area contributed by atoms with Gasteiger partial charge in [0.1, 0.15) is 10.6 Å². The Balaban J connectivity index is 1.62. The summed E-state index contributed by atoms with van der Waals surface area (Å²) in [5.41, 5.74) is 0.912. The molecule has 1 atom stereocenters. The average molecular weight is 420 g/mol. The van der Waals surface area contributed by atoms with Gasteiger partial charge in [0.25, 0.3) is 5.69 Å². The first-order valence-corrected chi connectivity index (χ1v) is 11.3. The molecule has 1 saturated heterocycles. The van der Waals surface area contributed by atoms with Crippen LogP contribution in [0.15, 0.2) is 58.3 Å². The molecule has 1 amide bonds. The second-order valence-corrected chi connectivity index (χ2v) is 8.58. The van der Waals surface area contributed by atoms with E-state index in [1.165, 1.54) is 23.9 Å². The van der Waals surface area contributed by atoms with Gasteiger partial charge in [-0.2, -0.15) is 0 Å². The average Bonchev–Trinajstić information content (AvgIpc) is 2.73. The third-order valence-electron chi connectivity index (χ3n) is 4.62. The molecule has 7 nitrogen and oxygen atoms in total. The minimum absolute atomic E-state index is 0.0964. The Bertz CT molecular complexity index is 884. The summed E-state index contributed by atoms with van der Waals surface area (Å²) in [4.78, 5) is 28.0. The fraction of sp³-hybridized carbons (Fsp3) is 0.316. The van der Waals surface area contributed by atoms with E-state index in [-0.39, 0.29) is 22.2 Å². The molecule has 3 rings (SSSR count). The number of rotatable bonds is 6. The van der Waals surface area contributed by atoms with E-state index in [4.69, 9.17) is 0 Å². The molecule has 2 aromatic carbocycles. The van der Waals surface area contributed by atoms with E-state index in [1.807, 2.05) is 36.6 Å². The van der Waals surface area contributed by atoms with Gasteiger partial charge in [-0.25, -0.2) is 0 Å². The zero-order chi connectivity index (χ0) is 20.1. The van der Waals surface area contributed by atoms with Crippen LogP contribution < -0.4 is 4.90 Å². The second-order valence-electron chi connectivity index (χ2n) is 6.28. The third kappa shape index (κ3) is 4.71. The molecule has 0 saturated carbocycles. The molecule has 0 spiro atoms. The molecule has 148 valence electrons. The number of hydrogen-bond donors (Lipinski definition) is 0. The summed E-state index contributed by atoms with van der Waals surface area (Å²) in [6.45, 7) is 2.48. The summed E-state index contributed by atoms with van der Waals surface area (Å²) in [5.74, 6) is -0.487. The quantitative estimate of drug-likeness (QED) is 0.407. The highest BCUT2D eigenvalue weighted by molar-refractivity contribution is 7.98. The summed E-state index contributed by atoms with van der Waals surface area (Å²) in [6.07, 6.45) is 1.81. The normalized spacial score (nSPS) is 15.3. The van der Waals surface area contributed by atoms with Crippen LogP contribution in [0.4, 0.5) is 11.4 Å². The monoisotopic (exact) mass is 419 g/mol. The lowest BCUT2D eigenvalue weighted by Crippen LogP contribution is -2.49. The molecule has 1 aliphatic heterocycles. The smallest absolute Gasteiger partial charge is 0.286 e. The van der Waals surface area contributed by atoms with Crippen LogP contribution in [0.5, 0.6) is 0 Å². The van der Waals surface area contributed by atoms with Crippen molar-refractivity contribution < 1.29 is 13.9 Å². The first-order chi connectivity index (χ1) is 13.5. The highest BCUT2D eigenvalue weighted by Crippen LogP contribution is 2.28. The molecule has 0 bridgehead atoms. The predicted octanol–water partition coefficient (Wildman–Crippen LogP) is 2.77. The minimum atomic E-state index is -1.76. The number of anilines is 1. The van der Waals surface area contributed by atoms with E-state index in [1.54, 1.807) is 11.0 Å². The summed E-state index contributed by atoms with van der Waals surface area (Å²) in [5, 5.41) is 11.3. The number of thioether (sulfide) groups is 1. The highest BCUT2D eigenvalue weighted by Gasteiger charge is 2.26. The summed E-state index contributed by atoms with van der Waals surface area (Å²) >= 11 is 1.37. The van der Waals surface area contributed by atoms with Gasteiger partial charge in [-0.3, -0.25) is 19.1 Å². The van der Waals surface area contributed by atoms with Crippen LogP contribution in [-0.2, 0) is 15.6 Å². The van der Waals surface area contributed by atoms with Gasteiger partial charge >= 0.3 is 0 Å². The van der Waals surface area contributed by atoms with Crippen molar-refractivity contribution >= 4 is 39.8 Å². The standard InChI is InChI=1S/C19H21N3O4S2/c1-27-16-7-8-18(17(13-16)22(24)25)28(26)14-19(23)21-11-9-20(10-12-21)15-5-3-2-4-6-15/h2-8,13H,9-12,14H2,1H3. The molecule has 1 heterocycles. The summed E-state index contributed by atoms with van der Waals surface area (Å²) in [7, 11) is -1.76. The maximum Gasteiger partial charge on any atom is 0.286 e. The van der Waals surface area contributed by atoms with Crippen molar-refractivity contribution in [3.05, 3.63) is 58.6 Å². The molecule has 1 fully saturated rings. The molecular formula is C19H21N3O4S2. The number of nitro groups is 1. The van der Waals surface area contributed by atoms with Gasteiger partial charge in [0.15, 0.2) is 0 Å². The van der Waals surface area contributed by atoms with Crippen LogP contribution in [0.2, 0.25) is 0 Å². The summed E-state index contributed by atoms with van der Waals surface area (Å²) in [6, 6.07) is 14.6. The molecule has 1 unspecified atom stereocenters. The maximum atomic E-state index is 12.7. The van der Waals surface area contributed by atoms with Gasteiger partial charge in [0.05, 0.1) is 15.7 Å². The lowest BCUT2D eigenvalue weighted by Gasteiger charge is -2.36. The second kappa shape index (κ2) is 9.20. The number of hydrogen-bond acceptors (Lipinski definition) is 6. The molecule has 0 radical (unpaired) electrons. The minimum Gasteiger partial charge on any atom is -0.368 e. The largest absolute Gasteiger partial charge is 0.368 e. The van der Waals surface area contributed by atoms with Crippen LogP contribution in [-0.4, -0.2) is 58.1 Å². The molecule has 0 aliphatic carbocycles. The van der Waals surface area contributed by atoms with E-state index in [2.05, 4.69) is 4.90 Å². The van der Waals surface area contributed by atoms with Gasteiger partial charge in [0.2, 0.25) is 5.91 Å². The Hall–Kier alpha value is -2.39. The van der Waals surface area contributed by atoms with Crippen molar-refractivity contribution in [1.29, 1.82) is 0 Å². The van der Waals surface area contributed by atoms with E-state index in [9.17, 15) is 19.1 Å². The Morgan fingerprint density at radius 1 is 1.14 bits per heavy atom. The summed E-state index contributed by atoms with van der Waals surface area (Å²) < 4.78 is 12.7. The van der Waals surface area contributed by atoms with Crippen LogP contribution in [0.1, 0.15) is 0 Å². The molecule has 0 N–H and O–H groups in total. The van der Waals surface area contributed by atoms with Crippen LogP contribution in [0.25, 0.3) is 0 Å². The van der Waals surface area contributed by atoms with Gasteiger partial charge in [-0.05, 0) is 30.5 Å². The first kappa shape index (κ1) is 20.3. The number of piperazine rings is 1. The third-order valence-corrected chi connectivity index (χ3v) is 6.69. The van der Waals surface area contributed by atoms with Crippen LogP contribution in [0.3, 0.4) is 0 Å². The molecule has 2 aromatic rings. The van der Waals surface area contributed by atoms with Gasteiger partial charge in [-0.1, -0.05) is 18.2 Å². The van der Waals surface area contributed by atoms with E-state index in [0.29, 0.717) is 26.2 Å². The molecule has 1 aliphatic rings. The van der Waals surface area contributed by atoms with Crippen molar-refractivity contribution in [3.8, 4) is 0 Å². The molecule has 28 heavy (non-hydrogen) atoms. The van der Waals surface area contributed by atoms with Crippen molar-refractivity contribution in [1.82, 2.24) is 4.90 Å².